The molecule has 2 N–H and O–H groups in total. The summed E-state index contributed by atoms with van der Waals surface area (Å²) in [5.41, 5.74) is -0.0156. The molecular formula is C20H27ClN2O3. The number of benzene rings is 1. The summed E-state index contributed by atoms with van der Waals surface area (Å²) in [6, 6.07) is 7.24. The van der Waals surface area contributed by atoms with Crippen molar-refractivity contribution in [3.05, 3.63) is 29.3 Å². The summed E-state index contributed by atoms with van der Waals surface area (Å²) in [5, 5.41) is 6.85. The Hall–Kier alpha value is -1.75. The third kappa shape index (κ3) is 5.13. The van der Waals surface area contributed by atoms with E-state index >= 15 is 0 Å². The number of amides is 2. The zero-order chi connectivity index (χ0) is 18.9. The van der Waals surface area contributed by atoms with Crippen LogP contribution in [-0.2, 0) is 9.59 Å². The highest BCUT2D eigenvalue weighted by Gasteiger charge is 2.55. The van der Waals surface area contributed by atoms with E-state index in [0.29, 0.717) is 29.0 Å². The predicted molar refractivity (Wildman–Crippen MR) is 101 cm³/mol. The largest absolute Gasteiger partial charge is 0.484 e. The zero-order valence-corrected chi connectivity index (χ0v) is 16.3. The summed E-state index contributed by atoms with van der Waals surface area (Å²) in [6.07, 6.45) is 2.40. The van der Waals surface area contributed by atoms with Gasteiger partial charge in [0.2, 0.25) is 5.91 Å². The second kappa shape index (κ2) is 7.47. The number of hydrogen-bond donors (Lipinski definition) is 2. The smallest absolute Gasteiger partial charge is 0.258 e. The van der Waals surface area contributed by atoms with Crippen LogP contribution in [-0.4, -0.2) is 30.5 Å². The quantitative estimate of drug-likeness (QED) is 0.799. The Bertz CT molecular complexity index is 669. The monoisotopic (exact) mass is 378 g/mol. The number of halogens is 1. The molecule has 2 unspecified atom stereocenters. The molecular weight excluding hydrogens is 352 g/mol. The summed E-state index contributed by atoms with van der Waals surface area (Å²) in [5.74, 6) is 1.58. The highest BCUT2D eigenvalue weighted by Crippen LogP contribution is 2.52. The molecule has 3 rings (SSSR count). The Balaban J connectivity index is 1.43. The molecule has 2 fully saturated rings. The second-order valence-corrected chi connectivity index (χ2v) is 9.06. The maximum Gasteiger partial charge on any atom is 0.258 e. The Morgan fingerprint density at radius 1 is 1.04 bits per heavy atom. The number of nitrogens with one attached hydrogen (secondary N) is 2. The van der Waals surface area contributed by atoms with Crippen molar-refractivity contribution in [3.8, 4) is 5.75 Å². The topological polar surface area (TPSA) is 67.4 Å². The van der Waals surface area contributed by atoms with Crippen molar-refractivity contribution in [2.45, 2.75) is 52.1 Å². The van der Waals surface area contributed by atoms with E-state index in [0.717, 1.165) is 12.8 Å². The lowest BCUT2D eigenvalue weighted by atomic mass is 9.91. The first-order chi connectivity index (χ1) is 12.2. The van der Waals surface area contributed by atoms with Gasteiger partial charge in [-0.2, -0.15) is 0 Å². The molecule has 1 aromatic carbocycles. The third-order valence-corrected chi connectivity index (χ3v) is 5.25. The molecule has 6 heteroatoms. The van der Waals surface area contributed by atoms with E-state index < -0.39 is 0 Å². The molecule has 0 aromatic heterocycles. The van der Waals surface area contributed by atoms with Gasteiger partial charge in [-0.1, -0.05) is 32.4 Å². The van der Waals surface area contributed by atoms with Gasteiger partial charge in [0.1, 0.15) is 5.75 Å². The first-order valence-corrected chi connectivity index (χ1v) is 9.56. The fourth-order valence-electron chi connectivity index (χ4n) is 3.78. The van der Waals surface area contributed by atoms with Crippen LogP contribution in [0.4, 0.5) is 0 Å². The molecule has 0 heterocycles. The van der Waals surface area contributed by atoms with Crippen LogP contribution in [0.1, 0.15) is 40.0 Å². The van der Waals surface area contributed by atoms with E-state index in [1.807, 2.05) is 0 Å². The maximum absolute atomic E-state index is 12.2. The van der Waals surface area contributed by atoms with Gasteiger partial charge in [-0.25, -0.2) is 0 Å². The molecule has 2 aliphatic rings. The minimum atomic E-state index is -0.128. The first kappa shape index (κ1) is 19.0. The van der Waals surface area contributed by atoms with E-state index in [1.54, 1.807) is 24.3 Å². The van der Waals surface area contributed by atoms with Gasteiger partial charge in [-0.3, -0.25) is 9.59 Å². The molecule has 0 aliphatic heterocycles. The average Bonchev–Trinajstić information content (AvgIpc) is 3.26. The van der Waals surface area contributed by atoms with Crippen molar-refractivity contribution in [2.75, 3.05) is 6.61 Å². The molecule has 5 nitrogen and oxygen atoms in total. The Morgan fingerprint density at radius 3 is 2.19 bits per heavy atom. The van der Waals surface area contributed by atoms with E-state index in [9.17, 15) is 9.59 Å². The average molecular weight is 379 g/mol. The number of carbonyl (C=O) groups is 2. The van der Waals surface area contributed by atoms with Crippen molar-refractivity contribution in [1.29, 1.82) is 0 Å². The van der Waals surface area contributed by atoms with Crippen LogP contribution in [0.5, 0.6) is 5.75 Å². The summed E-state index contributed by atoms with van der Waals surface area (Å²) >= 11 is 5.83. The molecule has 4 atom stereocenters. The molecule has 2 aliphatic carbocycles. The van der Waals surface area contributed by atoms with E-state index in [2.05, 4.69) is 31.4 Å². The van der Waals surface area contributed by atoms with Crippen LogP contribution < -0.4 is 15.4 Å². The van der Waals surface area contributed by atoms with E-state index in [-0.39, 0.29) is 35.9 Å². The van der Waals surface area contributed by atoms with E-state index in [4.69, 9.17) is 16.3 Å². The Morgan fingerprint density at radius 2 is 1.62 bits per heavy atom. The van der Waals surface area contributed by atoms with Gasteiger partial charge in [0, 0.05) is 23.5 Å². The fraction of sp³-hybridized carbons (Fsp3) is 0.600. The number of ether oxygens (including phenoxy) is 1. The Kier molecular flexibility index (Phi) is 5.47. The van der Waals surface area contributed by atoms with Gasteiger partial charge in [0.15, 0.2) is 6.61 Å². The normalized spacial score (nSPS) is 26.8. The van der Waals surface area contributed by atoms with Gasteiger partial charge in [0.25, 0.3) is 5.91 Å². The van der Waals surface area contributed by atoms with Crippen LogP contribution >= 0.6 is 11.6 Å². The standard InChI is InChI=1S/C20H27ClN2O3/c1-20(2,3)10-18(24)22-16-9-17(15-8-14(15)16)23-19(25)11-26-13-6-4-12(21)5-7-13/h4-7,14-17H,8-11H2,1-3H3,(H,22,24)(H,23,25)/t14?,15?,16-,17+/m1/s1. The molecule has 0 radical (unpaired) electrons. The summed E-state index contributed by atoms with van der Waals surface area (Å²) in [6.45, 7) is 6.16. The van der Waals surface area contributed by atoms with Crippen LogP contribution in [0.2, 0.25) is 5.02 Å². The minimum Gasteiger partial charge on any atom is -0.484 e. The molecule has 26 heavy (non-hydrogen) atoms. The van der Waals surface area contributed by atoms with Crippen molar-refractivity contribution in [1.82, 2.24) is 10.6 Å². The lowest BCUT2D eigenvalue weighted by Crippen LogP contribution is -2.42. The van der Waals surface area contributed by atoms with E-state index in [1.165, 1.54) is 0 Å². The number of hydrogen-bond acceptors (Lipinski definition) is 3. The number of carbonyl (C=O) groups excluding carboxylic acids is 2. The summed E-state index contributed by atoms with van der Waals surface area (Å²) in [4.78, 5) is 24.3. The molecule has 2 saturated carbocycles. The molecule has 0 saturated heterocycles. The number of rotatable bonds is 6. The maximum atomic E-state index is 12.2. The highest BCUT2D eigenvalue weighted by molar-refractivity contribution is 6.30. The fourth-order valence-corrected chi connectivity index (χ4v) is 3.91. The molecule has 1 aromatic rings. The third-order valence-electron chi connectivity index (χ3n) is 5.00. The Labute approximate surface area is 159 Å². The molecule has 142 valence electrons. The zero-order valence-electron chi connectivity index (χ0n) is 15.5. The highest BCUT2D eigenvalue weighted by atomic mass is 35.5. The second-order valence-electron chi connectivity index (χ2n) is 8.63. The SMILES string of the molecule is CC(C)(C)CC(=O)N[C@@H]1C[C@H](NC(=O)COc2ccc(Cl)cc2)C2CC21. The lowest BCUT2D eigenvalue weighted by molar-refractivity contribution is -0.124. The van der Waals surface area contributed by atoms with Gasteiger partial charge in [0.05, 0.1) is 0 Å². The van der Waals surface area contributed by atoms with Crippen molar-refractivity contribution < 1.29 is 14.3 Å². The first-order valence-electron chi connectivity index (χ1n) is 9.18. The van der Waals surface area contributed by atoms with Crippen molar-refractivity contribution in [2.24, 2.45) is 17.3 Å². The van der Waals surface area contributed by atoms with Gasteiger partial charge >= 0.3 is 0 Å². The van der Waals surface area contributed by atoms with Gasteiger partial charge in [-0.15, -0.1) is 0 Å². The van der Waals surface area contributed by atoms with Crippen LogP contribution in [0.15, 0.2) is 24.3 Å². The van der Waals surface area contributed by atoms with Crippen molar-refractivity contribution in [3.63, 3.8) is 0 Å². The van der Waals surface area contributed by atoms with Gasteiger partial charge in [-0.05, 0) is 54.4 Å². The van der Waals surface area contributed by atoms with Crippen LogP contribution in [0.25, 0.3) is 0 Å². The molecule has 2 amide bonds. The van der Waals surface area contributed by atoms with Crippen LogP contribution in [0, 0.1) is 17.3 Å². The van der Waals surface area contributed by atoms with Gasteiger partial charge < -0.3 is 15.4 Å². The summed E-state index contributed by atoms with van der Waals surface area (Å²) in [7, 11) is 0. The lowest BCUT2D eigenvalue weighted by Gasteiger charge is -2.22. The number of fused-ring (bicyclic) bond motifs is 1. The van der Waals surface area contributed by atoms with Crippen molar-refractivity contribution >= 4 is 23.4 Å². The predicted octanol–water partition coefficient (Wildman–Crippen LogP) is 3.16. The molecule has 0 spiro atoms. The minimum absolute atomic E-state index is 0.0156. The molecule has 0 bridgehead atoms. The summed E-state index contributed by atoms with van der Waals surface area (Å²) < 4.78 is 5.49. The van der Waals surface area contributed by atoms with Crippen LogP contribution in [0.3, 0.4) is 0 Å².